The summed E-state index contributed by atoms with van der Waals surface area (Å²) in [5.41, 5.74) is 4.09. The fraction of sp³-hybridized carbons (Fsp3) is 0.556. The quantitative estimate of drug-likeness (QED) is 0.429. The molecule has 0 aliphatic carbocycles. The second-order valence-corrected chi connectivity index (χ2v) is 2.46. The first-order valence-corrected chi connectivity index (χ1v) is 4.50. The van der Waals surface area contributed by atoms with Gasteiger partial charge in [-0.2, -0.15) is 0 Å². The lowest BCUT2D eigenvalue weighted by atomic mass is 10.1. The number of aliphatic imine (C=N–C) groups is 1. The summed E-state index contributed by atoms with van der Waals surface area (Å²) in [6.07, 6.45) is -2.05. The highest BCUT2D eigenvalue weighted by Gasteiger charge is 2.24. The number of nitrogens with zero attached hydrogens (tertiary/aromatic N) is 1. The lowest BCUT2D eigenvalue weighted by Gasteiger charge is -2.08. The first-order chi connectivity index (χ1) is 7.08. The number of carbonyl (C=O) groups is 1. The van der Waals surface area contributed by atoms with Crippen molar-refractivity contribution in [2.24, 2.45) is 10.7 Å². The van der Waals surface area contributed by atoms with E-state index in [2.05, 4.69) is 9.73 Å². The molecule has 0 aliphatic heterocycles. The van der Waals surface area contributed by atoms with Gasteiger partial charge in [0.15, 0.2) is 0 Å². The Morgan fingerprint density at radius 1 is 1.53 bits per heavy atom. The molecule has 2 N–H and O–H groups in total. The number of rotatable bonds is 5. The average Bonchev–Trinajstić information content (AvgIpc) is 2.18. The molecule has 0 aromatic heterocycles. The Kier molecular flexibility index (Phi) is 6.24. The van der Waals surface area contributed by atoms with Crippen molar-refractivity contribution in [1.82, 2.24) is 0 Å². The third-order valence-corrected chi connectivity index (χ3v) is 1.47. The molecule has 6 heteroatoms. The number of hydrogen-bond acceptors (Lipinski definition) is 4. The number of esters is 1. The summed E-state index contributed by atoms with van der Waals surface area (Å²) in [6, 6.07) is 0. The predicted molar refractivity (Wildman–Crippen MR) is 52.9 cm³/mol. The van der Waals surface area contributed by atoms with Crippen LogP contribution in [0.3, 0.4) is 0 Å². The van der Waals surface area contributed by atoms with Gasteiger partial charge in [0.05, 0.1) is 6.61 Å². The number of ether oxygens (including phenoxy) is 1. The Balaban J connectivity index is 4.93. The van der Waals surface area contributed by atoms with Crippen LogP contribution in [-0.2, 0) is 9.53 Å². The van der Waals surface area contributed by atoms with E-state index >= 15 is 0 Å². The third-order valence-electron chi connectivity index (χ3n) is 1.47. The van der Waals surface area contributed by atoms with Crippen LogP contribution < -0.4 is 5.73 Å². The lowest BCUT2D eigenvalue weighted by molar-refractivity contribution is -0.137. The summed E-state index contributed by atoms with van der Waals surface area (Å²) in [5.74, 6) is -0.882. The average molecular weight is 220 g/mol. The van der Waals surface area contributed by atoms with Crippen molar-refractivity contribution in [2.45, 2.75) is 20.3 Å². The van der Waals surface area contributed by atoms with E-state index in [1.54, 1.807) is 13.8 Å². The molecule has 4 nitrogen and oxygen atoms in total. The van der Waals surface area contributed by atoms with Crippen LogP contribution in [-0.4, -0.2) is 31.3 Å². The Morgan fingerprint density at radius 2 is 2.13 bits per heavy atom. The van der Waals surface area contributed by atoms with Crippen LogP contribution in [0.4, 0.5) is 8.78 Å². The number of alkyl halides is 2. The number of halogens is 2. The highest BCUT2D eigenvalue weighted by molar-refractivity contribution is 6.20. The molecular formula is C9H14F2N2O2. The number of nitrogens with two attached hydrogens (primary N) is 1. The maximum absolute atomic E-state index is 12.5. The molecule has 0 bridgehead atoms. The first kappa shape index (κ1) is 13.5. The van der Waals surface area contributed by atoms with Crippen LogP contribution in [0.25, 0.3) is 0 Å². The van der Waals surface area contributed by atoms with E-state index in [4.69, 9.17) is 5.73 Å². The van der Waals surface area contributed by atoms with Gasteiger partial charge < -0.3 is 10.5 Å². The van der Waals surface area contributed by atoms with Crippen LogP contribution in [0.15, 0.2) is 16.8 Å². The molecule has 0 heterocycles. The molecule has 86 valence electrons. The molecule has 15 heavy (non-hydrogen) atoms. The van der Waals surface area contributed by atoms with Crippen LogP contribution in [0.1, 0.15) is 13.8 Å². The first-order valence-electron chi connectivity index (χ1n) is 4.50. The van der Waals surface area contributed by atoms with Crippen molar-refractivity contribution in [1.29, 1.82) is 0 Å². The zero-order chi connectivity index (χ0) is 11.8. The minimum atomic E-state index is -2.84. The van der Waals surface area contributed by atoms with E-state index in [-0.39, 0.29) is 18.7 Å². The van der Waals surface area contributed by atoms with Crippen LogP contribution in [0, 0.1) is 0 Å². The van der Waals surface area contributed by atoms with Crippen molar-refractivity contribution in [2.75, 3.05) is 13.2 Å². The maximum atomic E-state index is 12.5. The minimum absolute atomic E-state index is 0.0960. The third kappa shape index (κ3) is 4.05. The molecular weight excluding hydrogens is 206 g/mol. The summed E-state index contributed by atoms with van der Waals surface area (Å²) in [6.45, 7) is 3.40. The van der Waals surface area contributed by atoms with Crippen molar-refractivity contribution >= 4 is 11.7 Å². The predicted octanol–water partition coefficient (Wildman–Crippen LogP) is 1.12. The standard InChI is InChI=1S/C9H14F2N2O2/c1-3-13-7(8(10)11)6(5-12)9(14)15-4-2/h5,8H,3-4,12H2,1-2H3. The van der Waals surface area contributed by atoms with Gasteiger partial charge in [-0.25, -0.2) is 13.6 Å². The van der Waals surface area contributed by atoms with Crippen LogP contribution in [0.2, 0.25) is 0 Å². The SMILES string of the molecule is CCN=C(C(=CN)C(=O)OCC)C(F)F. The fourth-order valence-corrected chi connectivity index (χ4v) is 0.909. The van der Waals surface area contributed by atoms with E-state index in [0.717, 1.165) is 6.20 Å². The molecule has 0 unspecified atom stereocenters. The van der Waals surface area contributed by atoms with Gasteiger partial charge in [-0.3, -0.25) is 4.99 Å². The highest BCUT2D eigenvalue weighted by atomic mass is 19.3. The molecule has 0 saturated carbocycles. The van der Waals surface area contributed by atoms with Crippen LogP contribution >= 0.6 is 0 Å². The number of carbonyl (C=O) groups excluding carboxylic acids is 1. The Bertz CT molecular complexity index is 275. The molecule has 0 amide bonds. The summed E-state index contributed by atoms with van der Waals surface area (Å²) >= 11 is 0. The molecule has 0 fully saturated rings. The molecule has 0 rings (SSSR count). The molecule has 0 spiro atoms. The lowest BCUT2D eigenvalue weighted by Crippen LogP contribution is -2.23. The second kappa shape index (κ2) is 6.92. The van der Waals surface area contributed by atoms with E-state index < -0.39 is 18.1 Å². The number of hydrogen-bond donors (Lipinski definition) is 1. The molecule has 0 radical (unpaired) electrons. The van der Waals surface area contributed by atoms with E-state index in [1.165, 1.54) is 0 Å². The topological polar surface area (TPSA) is 64.7 Å². The van der Waals surface area contributed by atoms with Crippen molar-refractivity contribution in [3.05, 3.63) is 11.8 Å². The largest absolute Gasteiger partial charge is 0.462 e. The monoisotopic (exact) mass is 220 g/mol. The van der Waals surface area contributed by atoms with Crippen molar-refractivity contribution in [3.63, 3.8) is 0 Å². The normalized spacial score (nSPS) is 13.1. The van der Waals surface area contributed by atoms with Gasteiger partial charge in [-0.05, 0) is 13.8 Å². The zero-order valence-electron chi connectivity index (χ0n) is 8.67. The van der Waals surface area contributed by atoms with Gasteiger partial charge in [0.25, 0.3) is 6.43 Å². The van der Waals surface area contributed by atoms with Gasteiger partial charge in [-0.15, -0.1) is 0 Å². The van der Waals surface area contributed by atoms with E-state index in [9.17, 15) is 13.6 Å². The smallest absolute Gasteiger partial charge is 0.341 e. The minimum Gasteiger partial charge on any atom is -0.462 e. The molecule has 0 aromatic rings. The fourth-order valence-electron chi connectivity index (χ4n) is 0.909. The summed E-state index contributed by atoms with van der Waals surface area (Å²) in [5, 5.41) is 0. The van der Waals surface area contributed by atoms with Gasteiger partial charge >= 0.3 is 5.97 Å². The Labute approximate surface area is 86.8 Å². The molecule has 0 atom stereocenters. The van der Waals surface area contributed by atoms with Gasteiger partial charge in [-0.1, -0.05) is 0 Å². The van der Waals surface area contributed by atoms with Gasteiger partial charge in [0.2, 0.25) is 0 Å². The molecule has 0 aliphatic rings. The molecule has 0 aromatic carbocycles. The van der Waals surface area contributed by atoms with Gasteiger partial charge in [0.1, 0.15) is 11.3 Å². The molecule has 0 saturated heterocycles. The van der Waals surface area contributed by atoms with E-state index in [0.29, 0.717) is 0 Å². The maximum Gasteiger partial charge on any atom is 0.341 e. The zero-order valence-corrected chi connectivity index (χ0v) is 8.67. The highest BCUT2D eigenvalue weighted by Crippen LogP contribution is 2.09. The van der Waals surface area contributed by atoms with E-state index in [1.807, 2.05) is 0 Å². The Hall–Kier alpha value is -1.46. The summed E-state index contributed by atoms with van der Waals surface area (Å²) in [7, 11) is 0. The van der Waals surface area contributed by atoms with Crippen molar-refractivity contribution < 1.29 is 18.3 Å². The van der Waals surface area contributed by atoms with Crippen molar-refractivity contribution in [3.8, 4) is 0 Å². The van der Waals surface area contributed by atoms with Crippen LogP contribution in [0.5, 0.6) is 0 Å². The van der Waals surface area contributed by atoms with Gasteiger partial charge in [0, 0.05) is 12.7 Å². The summed E-state index contributed by atoms with van der Waals surface area (Å²) < 4.78 is 29.5. The second-order valence-electron chi connectivity index (χ2n) is 2.46. The Morgan fingerprint density at radius 3 is 2.47 bits per heavy atom. The summed E-state index contributed by atoms with van der Waals surface area (Å²) in [4.78, 5) is 14.7.